The van der Waals surface area contributed by atoms with Crippen molar-refractivity contribution < 1.29 is 9.59 Å². The molecule has 3 nitrogen and oxygen atoms in total. The summed E-state index contributed by atoms with van der Waals surface area (Å²) >= 11 is 0. The number of carbonyl (C=O) groups excluding carboxylic acids is 2. The maximum Gasteiger partial charge on any atom is 0.217 e. The fourth-order valence-corrected chi connectivity index (χ4v) is 4.23. The smallest absolute Gasteiger partial charge is 0.217 e. The molecule has 0 heterocycles. The van der Waals surface area contributed by atoms with Crippen LogP contribution in [0.1, 0.15) is 92.3 Å². The lowest BCUT2D eigenvalue weighted by Gasteiger charge is -2.29. The monoisotopic (exact) mass is 391 g/mol. The molecule has 3 rings (SSSR count). The number of hydrogen-bond acceptors (Lipinski definition) is 2. The molecule has 1 N–H and O–H groups in total. The molecule has 0 aromatic heterocycles. The molecule has 154 valence electrons. The number of Topliss-reactive ketones (excluding diaryl/α,β-unsaturated/α-hetero) is 1. The first kappa shape index (κ1) is 21.3. The summed E-state index contributed by atoms with van der Waals surface area (Å²) in [6.07, 6.45) is 4.76. The van der Waals surface area contributed by atoms with E-state index in [-0.39, 0.29) is 17.1 Å². The van der Waals surface area contributed by atoms with Gasteiger partial charge in [0.15, 0.2) is 5.78 Å². The van der Waals surface area contributed by atoms with E-state index in [1.165, 1.54) is 36.8 Å². The van der Waals surface area contributed by atoms with E-state index in [1.54, 1.807) is 6.92 Å². The number of benzene rings is 2. The highest BCUT2D eigenvalue weighted by Crippen LogP contribution is 2.40. The molecule has 0 saturated heterocycles. The molecule has 29 heavy (non-hydrogen) atoms. The maximum absolute atomic E-state index is 12.4. The molecular formula is C26H33NO2. The zero-order valence-electron chi connectivity index (χ0n) is 18.1. The highest BCUT2D eigenvalue weighted by atomic mass is 16.1. The average molecular weight is 392 g/mol. The Morgan fingerprint density at radius 3 is 1.69 bits per heavy atom. The van der Waals surface area contributed by atoms with Crippen LogP contribution in [0.2, 0.25) is 0 Å². The summed E-state index contributed by atoms with van der Waals surface area (Å²) in [5.74, 6) is 1.41. The second-order valence-corrected chi connectivity index (χ2v) is 9.40. The third-order valence-corrected chi connectivity index (χ3v) is 6.05. The van der Waals surface area contributed by atoms with Crippen molar-refractivity contribution in [2.24, 2.45) is 5.41 Å². The Morgan fingerprint density at radius 2 is 1.28 bits per heavy atom. The van der Waals surface area contributed by atoms with Gasteiger partial charge >= 0.3 is 0 Å². The molecule has 1 aliphatic rings. The Morgan fingerprint density at radius 1 is 0.828 bits per heavy atom. The van der Waals surface area contributed by atoms with E-state index < -0.39 is 0 Å². The van der Waals surface area contributed by atoms with Crippen LogP contribution in [0.5, 0.6) is 0 Å². The quantitative estimate of drug-likeness (QED) is 0.636. The van der Waals surface area contributed by atoms with Crippen LogP contribution in [-0.2, 0) is 11.3 Å². The maximum atomic E-state index is 12.4. The predicted molar refractivity (Wildman–Crippen MR) is 118 cm³/mol. The van der Waals surface area contributed by atoms with E-state index in [0.717, 1.165) is 11.1 Å². The molecule has 3 heteroatoms. The van der Waals surface area contributed by atoms with Crippen LogP contribution in [0, 0.1) is 5.41 Å². The molecule has 1 amide bonds. The zero-order chi connectivity index (χ0) is 21.0. The van der Waals surface area contributed by atoms with Crippen molar-refractivity contribution >= 4 is 11.7 Å². The summed E-state index contributed by atoms with van der Waals surface area (Å²) in [7, 11) is 0. The van der Waals surface area contributed by atoms with Crippen LogP contribution in [0.4, 0.5) is 0 Å². The Kier molecular flexibility index (Phi) is 6.56. The van der Waals surface area contributed by atoms with Crippen LogP contribution >= 0.6 is 0 Å². The second kappa shape index (κ2) is 8.94. The summed E-state index contributed by atoms with van der Waals surface area (Å²) < 4.78 is 0. The molecule has 0 unspecified atom stereocenters. The summed E-state index contributed by atoms with van der Waals surface area (Å²) in [6, 6.07) is 17.0. The molecule has 2 aromatic rings. The SMILES string of the molecule is CC(=O)NCc1ccc(C2CCC(c3ccc(C(=O)C(C)(C)C)cc3)CC2)cc1. The van der Waals surface area contributed by atoms with Gasteiger partial charge in [-0.05, 0) is 54.2 Å². The molecule has 1 aliphatic carbocycles. The van der Waals surface area contributed by atoms with Gasteiger partial charge in [0, 0.05) is 24.4 Å². The lowest BCUT2D eigenvalue weighted by molar-refractivity contribution is -0.119. The third kappa shape index (κ3) is 5.56. The van der Waals surface area contributed by atoms with E-state index in [9.17, 15) is 9.59 Å². The van der Waals surface area contributed by atoms with E-state index in [0.29, 0.717) is 18.4 Å². The fraction of sp³-hybridized carbons (Fsp3) is 0.462. The molecule has 1 saturated carbocycles. The van der Waals surface area contributed by atoms with Crippen molar-refractivity contribution in [2.45, 2.75) is 71.8 Å². The van der Waals surface area contributed by atoms with Gasteiger partial charge in [0.1, 0.15) is 0 Å². The van der Waals surface area contributed by atoms with Crippen LogP contribution in [-0.4, -0.2) is 11.7 Å². The summed E-state index contributed by atoms with van der Waals surface area (Å²) in [5, 5.41) is 2.84. The number of amides is 1. The van der Waals surface area contributed by atoms with Gasteiger partial charge in [0.05, 0.1) is 0 Å². The first-order chi connectivity index (χ1) is 13.7. The van der Waals surface area contributed by atoms with Gasteiger partial charge in [-0.15, -0.1) is 0 Å². The topological polar surface area (TPSA) is 46.2 Å². The Balaban J connectivity index is 1.56. The van der Waals surface area contributed by atoms with E-state index in [4.69, 9.17) is 0 Å². The number of rotatable bonds is 5. The highest BCUT2D eigenvalue weighted by molar-refractivity contribution is 5.99. The lowest BCUT2D eigenvalue weighted by atomic mass is 9.76. The van der Waals surface area contributed by atoms with Crippen molar-refractivity contribution in [2.75, 3.05) is 0 Å². The molecule has 0 aliphatic heterocycles. The number of ketones is 1. The summed E-state index contributed by atoms with van der Waals surface area (Å²) in [4.78, 5) is 23.5. The van der Waals surface area contributed by atoms with E-state index in [2.05, 4.69) is 41.7 Å². The Labute approximate surface area is 174 Å². The van der Waals surface area contributed by atoms with Crippen molar-refractivity contribution in [1.29, 1.82) is 0 Å². The van der Waals surface area contributed by atoms with Gasteiger partial charge in [-0.3, -0.25) is 9.59 Å². The average Bonchev–Trinajstić information content (AvgIpc) is 2.72. The first-order valence-corrected chi connectivity index (χ1v) is 10.7. The molecular weight excluding hydrogens is 358 g/mol. The van der Waals surface area contributed by atoms with Crippen LogP contribution < -0.4 is 5.32 Å². The van der Waals surface area contributed by atoms with E-state index in [1.807, 2.05) is 32.9 Å². The summed E-state index contributed by atoms with van der Waals surface area (Å²) in [5.41, 5.74) is 4.38. The fourth-order valence-electron chi connectivity index (χ4n) is 4.23. The van der Waals surface area contributed by atoms with Crippen molar-refractivity contribution in [3.63, 3.8) is 0 Å². The van der Waals surface area contributed by atoms with Crippen LogP contribution in [0.15, 0.2) is 48.5 Å². The molecule has 0 atom stereocenters. The van der Waals surface area contributed by atoms with Crippen molar-refractivity contribution in [1.82, 2.24) is 5.32 Å². The van der Waals surface area contributed by atoms with Gasteiger partial charge in [-0.1, -0.05) is 69.3 Å². The van der Waals surface area contributed by atoms with Gasteiger partial charge in [-0.25, -0.2) is 0 Å². The molecule has 2 aromatic carbocycles. The predicted octanol–water partition coefficient (Wildman–Crippen LogP) is 5.99. The lowest BCUT2D eigenvalue weighted by Crippen LogP contribution is -2.20. The van der Waals surface area contributed by atoms with Crippen LogP contribution in [0.25, 0.3) is 0 Å². The minimum atomic E-state index is -0.336. The third-order valence-electron chi connectivity index (χ3n) is 6.05. The number of nitrogens with one attached hydrogen (secondary N) is 1. The second-order valence-electron chi connectivity index (χ2n) is 9.40. The molecule has 0 radical (unpaired) electrons. The van der Waals surface area contributed by atoms with Gasteiger partial charge in [0.2, 0.25) is 5.91 Å². The molecule has 1 fully saturated rings. The minimum absolute atomic E-state index is 0.00297. The first-order valence-electron chi connectivity index (χ1n) is 10.7. The highest BCUT2D eigenvalue weighted by Gasteiger charge is 2.25. The summed E-state index contributed by atoms with van der Waals surface area (Å²) in [6.45, 7) is 8.05. The van der Waals surface area contributed by atoms with Crippen molar-refractivity contribution in [3.05, 3.63) is 70.8 Å². The molecule has 0 spiro atoms. The standard InChI is InChI=1S/C26H33NO2/c1-18(28)27-17-19-5-7-20(8-6-19)21-9-11-22(12-10-21)23-13-15-24(16-14-23)25(29)26(2,3)4/h5-8,13-16,21-22H,9-12,17H2,1-4H3,(H,27,28). The minimum Gasteiger partial charge on any atom is -0.352 e. The zero-order valence-corrected chi connectivity index (χ0v) is 18.1. The number of carbonyl (C=O) groups is 2. The largest absolute Gasteiger partial charge is 0.352 e. The van der Waals surface area contributed by atoms with E-state index >= 15 is 0 Å². The number of hydrogen-bond donors (Lipinski definition) is 1. The van der Waals surface area contributed by atoms with Gasteiger partial charge in [0.25, 0.3) is 0 Å². The van der Waals surface area contributed by atoms with Gasteiger partial charge < -0.3 is 5.32 Å². The van der Waals surface area contributed by atoms with Crippen molar-refractivity contribution in [3.8, 4) is 0 Å². The normalized spacial score (nSPS) is 19.6. The van der Waals surface area contributed by atoms with Gasteiger partial charge in [-0.2, -0.15) is 0 Å². The Bertz CT molecular complexity index is 836. The van der Waals surface area contributed by atoms with Crippen LogP contribution in [0.3, 0.4) is 0 Å². The molecule has 0 bridgehead atoms. The Hall–Kier alpha value is -2.42.